The SMILES string of the molecule is Cc1nnc(CN=C(NCCCOC2CCOC2)NCC2CCCO2)n1C.I. The minimum atomic E-state index is 0. The Morgan fingerprint density at radius 2 is 2.18 bits per heavy atom. The minimum absolute atomic E-state index is 0. The molecule has 2 saturated heterocycles. The second-order valence-electron chi connectivity index (χ2n) is 7.04. The number of hydrogen-bond donors (Lipinski definition) is 2. The fraction of sp³-hybridized carbons (Fsp3) is 0.833. The summed E-state index contributed by atoms with van der Waals surface area (Å²) in [5.41, 5.74) is 0. The summed E-state index contributed by atoms with van der Waals surface area (Å²) in [5, 5.41) is 15.0. The molecule has 9 nitrogen and oxygen atoms in total. The highest BCUT2D eigenvalue weighted by Crippen LogP contribution is 2.10. The van der Waals surface area contributed by atoms with E-state index in [9.17, 15) is 0 Å². The van der Waals surface area contributed by atoms with Crippen molar-refractivity contribution in [2.75, 3.05) is 39.5 Å². The molecule has 0 amide bonds. The predicted octanol–water partition coefficient (Wildman–Crippen LogP) is 1.15. The summed E-state index contributed by atoms with van der Waals surface area (Å²) in [5.74, 6) is 2.50. The first-order valence-corrected chi connectivity index (χ1v) is 9.90. The lowest BCUT2D eigenvalue weighted by Gasteiger charge is -2.16. The molecule has 3 heterocycles. The largest absolute Gasteiger partial charge is 0.379 e. The summed E-state index contributed by atoms with van der Waals surface area (Å²) < 4.78 is 18.8. The zero-order valence-corrected chi connectivity index (χ0v) is 19.2. The summed E-state index contributed by atoms with van der Waals surface area (Å²) in [6.45, 7) is 7.09. The lowest BCUT2D eigenvalue weighted by molar-refractivity contribution is 0.0419. The van der Waals surface area contributed by atoms with Crippen LogP contribution in [0.3, 0.4) is 0 Å². The third kappa shape index (κ3) is 7.45. The number of hydrogen-bond acceptors (Lipinski definition) is 6. The number of guanidine groups is 1. The Morgan fingerprint density at radius 1 is 1.29 bits per heavy atom. The molecule has 160 valence electrons. The van der Waals surface area contributed by atoms with Crippen molar-refractivity contribution >= 4 is 29.9 Å². The topological polar surface area (TPSA) is 94.8 Å². The molecule has 0 bridgehead atoms. The molecule has 3 rings (SSSR count). The van der Waals surface area contributed by atoms with Gasteiger partial charge in [-0.2, -0.15) is 0 Å². The van der Waals surface area contributed by atoms with Crippen LogP contribution in [0.25, 0.3) is 0 Å². The van der Waals surface area contributed by atoms with Gasteiger partial charge in [0.25, 0.3) is 0 Å². The molecular formula is C18H33IN6O3. The van der Waals surface area contributed by atoms with Crippen LogP contribution in [0.4, 0.5) is 0 Å². The maximum absolute atomic E-state index is 5.81. The quantitative estimate of drug-likeness (QED) is 0.224. The van der Waals surface area contributed by atoms with E-state index in [0.717, 1.165) is 82.8 Å². The maximum Gasteiger partial charge on any atom is 0.191 e. The Bertz CT molecular complexity index is 600. The highest BCUT2D eigenvalue weighted by Gasteiger charge is 2.16. The summed E-state index contributed by atoms with van der Waals surface area (Å²) in [4.78, 5) is 4.66. The van der Waals surface area contributed by atoms with Crippen molar-refractivity contribution < 1.29 is 14.2 Å². The van der Waals surface area contributed by atoms with E-state index in [1.807, 2.05) is 18.5 Å². The number of aliphatic imine (C=N–C) groups is 1. The van der Waals surface area contributed by atoms with Crippen molar-refractivity contribution in [2.45, 2.75) is 51.4 Å². The predicted molar refractivity (Wildman–Crippen MR) is 117 cm³/mol. The Hall–Kier alpha value is -0.980. The number of rotatable bonds is 9. The Labute approximate surface area is 184 Å². The second-order valence-corrected chi connectivity index (χ2v) is 7.04. The van der Waals surface area contributed by atoms with Crippen molar-refractivity contribution in [1.82, 2.24) is 25.4 Å². The fourth-order valence-corrected chi connectivity index (χ4v) is 3.10. The molecule has 2 N–H and O–H groups in total. The van der Waals surface area contributed by atoms with Crippen LogP contribution in [0.1, 0.15) is 37.3 Å². The molecule has 1 aromatic heterocycles. The number of nitrogens with one attached hydrogen (secondary N) is 2. The van der Waals surface area contributed by atoms with Crippen LogP contribution in [-0.2, 0) is 27.8 Å². The van der Waals surface area contributed by atoms with Crippen molar-refractivity contribution in [3.05, 3.63) is 11.6 Å². The van der Waals surface area contributed by atoms with Gasteiger partial charge in [-0.05, 0) is 32.6 Å². The average Bonchev–Trinajstić information content (AvgIpc) is 3.42. The van der Waals surface area contributed by atoms with Gasteiger partial charge < -0.3 is 29.4 Å². The molecule has 0 aliphatic carbocycles. The summed E-state index contributed by atoms with van der Waals surface area (Å²) >= 11 is 0. The third-order valence-electron chi connectivity index (χ3n) is 4.94. The van der Waals surface area contributed by atoms with Crippen LogP contribution < -0.4 is 10.6 Å². The summed E-state index contributed by atoms with van der Waals surface area (Å²) in [6.07, 6.45) is 4.67. The fourth-order valence-electron chi connectivity index (χ4n) is 3.10. The van der Waals surface area contributed by atoms with Crippen LogP contribution in [0.15, 0.2) is 4.99 Å². The van der Waals surface area contributed by atoms with Gasteiger partial charge in [-0.25, -0.2) is 4.99 Å². The highest BCUT2D eigenvalue weighted by molar-refractivity contribution is 14.0. The average molecular weight is 508 g/mol. The van der Waals surface area contributed by atoms with Crippen LogP contribution in [0.2, 0.25) is 0 Å². The molecule has 2 atom stereocenters. The third-order valence-corrected chi connectivity index (χ3v) is 4.94. The molecule has 1 aromatic rings. The van der Waals surface area contributed by atoms with Crippen LogP contribution in [0.5, 0.6) is 0 Å². The second kappa shape index (κ2) is 12.6. The van der Waals surface area contributed by atoms with Gasteiger partial charge >= 0.3 is 0 Å². The van der Waals surface area contributed by atoms with Gasteiger partial charge in [0.2, 0.25) is 0 Å². The molecule has 0 radical (unpaired) electrons. The lowest BCUT2D eigenvalue weighted by Crippen LogP contribution is -2.41. The first kappa shape index (κ1) is 23.3. The van der Waals surface area contributed by atoms with E-state index in [1.165, 1.54) is 0 Å². The van der Waals surface area contributed by atoms with E-state index in [0.29, 0.717) is 6.54 Å². The smallest absolute Gasteiger partial charge is 0.191 e. The summed E-state index contributed by atoms with van der Waals surface area (Å²) in [7, 11) is 1.96. The van der Waals surface area contributed by atoms with Gasteiger partial charge in [0.05, 0.1) is 18.8 Å². The number of nitrogens with zero attached hydrogens (tertiary/aromatic N) is 4. The van der Waals surface area contributed by atoms with Crippen LogP contribution in [0, 0.1) is 6.92 Å². The monoisotopic (exact) mass is 508 g/mol. The molecule has 2 unspecified atom stereocenters. The van der Waals surface area contributed by atoms with Crippen LogP contribution in [-0.4, -0.2) is 72.4 Å². The Morgan fingerprint density at radius 3 is 2.86 bits per heavy atom. The molecule has 28 heavy (non-hydrogen) atoms. The van der Waals surface area contributed by atoms with Gasteiger partial charge in [0.1, 0.15) is 12.4 Å². The van der Waals surface area contributed by atoms with Crippen molar-refractivity contribution in [3.63, 3.8) is 0 Å². The normalized spacial score (nSPS) is 22.3. The van der Waals surface area contributed by atoms with Gasteiger partial charge in [0, 0.05) is 40.0 Å². The van der Waals surface area contributed by atoms with Gasteiger partial charge in [-0.3, -0.25) is 0 Å². The van der Waals surface area contributed by atoms with Gasteiger partial charge in [0.15, 0.2) is 11.8 Å². The first-order chi connectivity index (χ1) is 13.2. The van der Waals surface area contributed by atoms with Crippen molar-refractivity contribution in [1.29, 1.82) is 0 Å². The molecule has 2 aliphatic rings. The first-order valence-electron chi connectivity index (χ1n) is 9.90. The number of halogens is 1. The number of aromatic nitrogens is 3. The van der Waals surface area contributed by atoms with E-state index in [2.05, 4.69) is 25.8 Å². The van der Waals surface area contributed by atoms with E-state index in [-0.39, 0.29) is 36.2 Å². The Balaban J connectivity index is 0.00000280. The lowest BCUT2D eigenvalue weighted by atomic mass is 10.2. The molecular weight excluding hydrogens is 475 g/mol. The van der Waals surface area contributed by atoms with E-state index in [1.54, 1.807) is 0 Å². The van der Waals surface area contributed by atoms with E-state index < -0.39 is 0 Å². The summed E-state index contributed by atoms with van der Waals surface area (Å²) in [6, 6.07) is 0. The highest BCUT2D eigenvalue weighted by atomic mass is 127. The molecule has 2 aliphatic heterocycles. The zero-order chi connectivity index (χ0) is 18.9. The van der Waals surface area contributed by atoms with E-state index in [4.69, 9.17) is 14.2 Å². The van der Waals surface area contributed by atoms with Crippen molar-refractivity contribution in [2.24, 2.45) is 12.0 Å². The van der Waals surface area contributed by atoms with Crippen LogP contribution >= 0.6 is 24.0 Å². The minimum Gasteiger partial charge on any atom is -0.379 e. The van der Waals surface area contributed by atoms with Crippen molar-refractivity contribution in [3.8, 4) is 0 Å². The maximum atomic E-state index is 5.81. The molecule has 10 heteroatoms. The molecule has 0 saturated carbocycles. The standard InChI is InChI=1S/C18H32N6O3.HI/c1-14-22-23-17(24(14)2)12-21-18(20-11-15-5-3-8-26-15)19-7-4-9-27-16-6-10-25-13-16;/h15-16H,3-13H2,1-2H3,(H2,19,20,21);1H. The number of ether oxygens (including phenoxy) is 3. The zero-order valence-electron chi connectivity index (χ0n) is 16.9. The molecule has 0 spiro atoms. The number of aryl methyl sites for hydroxylation is 1. The van der Waals surface area contributed by atoms with Gasteiger partial charge in [-0.15, -0.1) is 34.2 Å². The van der Waals surface area contributed by atoms with E-state index >= 15 is 0 Å². The molecule has 0 aromatic carbocycles. The Kier molecular flexibility index (Phi) is 10.4. The van der Waals surface area contributed by atoms with Gasteiger partial charge in [-0.1, -0.05) is 0 Å². The molecule has 2 fully saturated rings.